The number of carbonyl (C=O) groups is 2. The first-order chi connectivity index (χ1) is 13.6. The Morgan fingerprint density at radius 2 is 2.07 bits per heavy atom. The van der Waals surface area contributed by atoms with E-state index in [2.05, 4.69) is 38.7 Å². The van der Waals surface area contributed by atoms with Crippen molar-refractivity contribution >= 4 is 17.8 Å². The van der Waals surface area contributed by atoms with Gasteiger partial charge in [-0.15, -0.1) is 0 Å². The van der Waals surface area contributed by atoms with Crippen LogP contribution in [0.25, 0.3) is 0 Å². The highest BCUT2D eigenvalue weighted by atomic mass is 16.2. The number of likely N-dealkylation sites (tertiary alicyclic amines) is 1. The van der Waals surface area contributed by atoms with Crippen molar-refractivity contribution in [2.75, 3.05) is 39.8 Å². The van der Waals surface area contributed by atoms with Crippen LogP contribution in [0, 0.1) is 5.41 Å². The van der Waals surface area contributed by atoms with Crippen molar-refractivity contribution in [3.05, 3.63) is 35.4 Å². The molecule has 1 aromatic rings. The summed E-state index contributed by atoms with van der Waals surface area (Å²) in [5.41, 5.74) is 2.59. The summed E-state index contributed by atoms with van der Waals surface area (Å²) in [7, 11) is 1.75. The summed E-state index contributed by atoms with van der Waals surface area (Å²) in [6, 6.07) is 8.33. The van der Waals surface area contributed by atoms with Crippen molar-refractivity contribution in [2.24, 2.45) is 10.4 Å². The molecule has 2 N–H and O–H groups in total. The zero-order chi connectivity index (χ0) is 19.6. The number of piperidine rings is 1. The van der Waals surface area contributed by atoms with Crippen molar-refractivity contribution in [2.45, 2.75) is 32.2 Å². The van der Waals surface area contributed by atoms with Crippen LogP contribution in [0.3, 0.4) is 0 Å². The SMILES string of the molecule is CN=C(NCC(=O)N1CCc2ccccc2C1)N1CCCC2(CNC(=O)C2)C1. The van der Waals surface area contributed by atoms with E-state index in [1.54, 1.807) is 7.05 Å². The van der Waals surface area contributed by atoms with Crippen LogP contribution in [0.1, 0.15) is 30.4 Å². The molecule has 7 heteroatoms. The molecule has 3 heterocycles. The zero-order valence-corrected chi connectivity index (χ0v) is 16.5. The van der Waals surface area contributed by atoms with Crippen molar-refractivity contribution in [1.29, 1.82) is 0 Å². The Balaban J connectivity index is 1.33. The smallest absolute Gasteiger partial charge is 0.242 e. The van der Waals surface area contributed by atoms with Gasteiger partial charge in [0.1, 0.15) is 0 Å². The van der Waals surface area contributed by atoms with Gasteiger partial charge in [-0.3, -0.25) is 14.6 Å². The van der Waals surface area contributed by atoms with Gasteiger partial charge in [-0.25, -0.2) is 0 Å². The maximum atomic E-state index is 12.7. The highest BCUT2D eigenvalue weighted by molar-refractivity contribution is 5.87. The van der Waals surface area contributed by atoms with Crippen molar-refractivity contribution in [3.8, 4) is 0 Å². The predicted octanol–water partition coefficient (Wildman–Crippen LogP) is 0.749. The molecular weight excluding hydrogens is 354 g/mol. The Bertz CT molecular complexity index is 793. The fourth-order valence-corrected chi connectivity index (χ4v) is 4.74. The Labute approximate surface area is 166 Å². The molecule has 150 valence electrons. The minimum Gasteiger partial charge on any atom is -0.355 e. The minimum atomic E-state index is 0.00748. The molecule has 3 aliphatic rings. The molecule has 0 aromatic heterocycles. The van der Waals surface area contributed by atoms with Gasteiger partial charge in [0.2, 0.25) is 11.8 Å². The van der Waals surface area contributed by atoms with Gasteiger partial charge >= 0.3 is 0 Å². The van der Waals surface area contributed by atoms with E-state index in [1.807, 2.05) is 11.0 Å². The number of benzene rings is 1. The fraction of sp³-hybridized carbons (Fsp3) is 0.571. The first-order valence-electron chi connectivity index (χ1n) is 10.2. The largest absolute Gasteiger partial charge is 0.355 e. The number of aliphatic imine (C=N–C) groups is 1. The quantitative estimate of drug-likeness (QED) is 0.584. The van der Waals surface area contributed by atoms with E-state index >= 15 is 0 Å². The van der Waals surface area contributed by atoms with E-state index < -0.39 is 0 Å². The monoisotopic (exact) mass is 383 g/mol. The molecule has 0 bridgehead atoms. The average molecular weight is 383 g/mol. The fourth-order valence-electron chi connectivity index (χ4n) is 4.74. The second-order valence-corrected chi connectivity index (χ2v) is 8.21. The van der Waals surface area contributed by atoms with Gasteiger partial charge in [0.15, 0.2) is 5.96 Å². The van der Waals surface area contributed by atoms with Crippen LogP contribution < -0.4 is 10.6 Å². The van der Waals surface area contributed by atoms with E-state index in [0.717, 1.165) is 51.4 Å². The molecule has 0 radical (unpaired) electrons. The lowest BCUT2D eigenvalue weighted by atomic mass is 9.79. The maximum absolute atomic E-state index is 12.7. The predicted molar refractivity (Wildman–Crippen MR) is 108 cm³/mol. The Morgan fingerprint density at radius 1 is 1.25 bits per heavy atom. The molecule has 7 nitrogen and oxygen atoms in total. The number of guanidine groups is 1. The third kappa shape index (κ3) is 3.84. The summed E-state index contributed by atoms with van der Waals surface area (Å²) >= 11 is 0. The molecule has 1 aromatic carbocycles. The summed E-state index contributed by atoms with van der Waals surface area (Å²) in [4.78, 5) is 33.0. The summed E-state index contributed by atoms with van der Waals surface area (Å²) in [6.45, 7) is 4.13. The van der Waals surface area contributed by atoms with Crippen LogP contribution in [0.15, 0.2) is 29.3 Å². The number of nitrogens with one attached hydrogen (secondary N) is 2. The van der Waals surface area contributed by atoms with Crippen molar-refractivity contribution in [3.63, 3.8) is 0 Å². The second-order valence-electron chi connectivity index (χ2n) is 8.21. The first-order valence-corrected chi connectivity index (χ1v) is 10.2. The summed E-state index contributed by atoms with van der Waals surface area (Å²) in [6.07, 6.45) is 3.59. The van der Waals surface area contributed by atoms with E-state index in [9.17, 15) is 9.59 Å². The van der Waals surface area contributed by atoms with Crippen LogP contribution in [-0.2, 0) is 22.6 Å². The van der Waals surface area contributed by atoms with E-state index in [-0.39, 0.29) is 23.8 Å². The van der Waals surface area contributed by atoms with Gasteiger partial charge in [0.25, 0.3) is 0 Å². The molecule has 1 spiro atoms. The highest BCUT2D eigenvalue weighted by Crippen LogP contribution is 2.35. The molecule has 1 atom stereocenters. The van der Waals surface area contributed by atoms with Gasteiger partial charge in [0, 0.05) is 51.6 Å². The first kappa shape index (κ1) is 18.8. The zero-order valence-electron chi connectivity index (χ0n) is 16.5. The maximum Gasteiger partial charge on any atom is 0.242 e. The molecule has 2 amide bonds. The number of hydrogen-bond acceptors (Lipinski definition) is 3. The molecule has 2 saturated heterocycles. The molecule has 28 heavy (non-hydrogen) atoms. The Kier molecular flexibility index (Phi) is 5.24. The van der Waals surface area contributed by atoms with Gasteiger partial charge in [0.05, 0.1) is 6.54 Å². The van der Waals surface area contributed by atoms with E-state index in [4.69, 9.17) is 0 Å². The van der Waals surface area contributed by atoms with Crippen LogP contribution in [0.5, 0.6) is 0 Å². The van der Waals surface area contributed by atoms with Crippen LogP contribution >= 0.6 is 0 Å². The number of amides is 2. The molecule has 0 aliphatic carbocycles. The van der Waals surface area contributed by atoms with Crippen LogP contribution in [-0.4, -0.2) is 67.3 Å². The molecule has 3 aliphatic heterocycles. The number of fused-ring (bicyclic) bond motifs is 1. The second kappa shape index (κ2) is 7.81. The number of hydrogen-bond donors (Lipinski definition) is 2. The lowest BCUT2D eigenvalue weighted by Gasteiger charge is -2.40. The molecule has 2 fully saturated rings. The van der Waals surface area contributed by atoms with Gasteiger partial charge < -0.3 is 20.4 Å². The third-order valence-electron chi connectivity index (χ3n) is 6.25. The number of carbonyl (C=O) groups excluding carboxylic acids is 2. The van der Waals surface area contributed by atoms with E-state index in [0.29, 0.717) is 13.0 Å². The number of nitrogens with zero attached hydrogens (tertiary/aromatic N) is 3. The topological polar surface area (TPSA) is 77.0 Å². The normalized spacial score (nSPS) is 24.9. The standard InChI is InChI=1S/C21H29N5O2/c1-22-20(26-9-4-8-21(15-26)11-18(27)24-14-21)23-12-19(28)25-10-7-16-5-2-3-6-17(16)13-25/h2-3,5-6H,4,7-15H2,1H3,(H,22,23)(H,24,27). The summed E-state index contributed by atoms with van der Waals surface area (Å²) in [5.74, 6) is 0.995. The lowest BCUT2D eigenvalue weighted by Crippen LogP contribution is -2.53. The van der Waals surface area contributed by atoms with E-state index in [1.165, 1.54) is 11.1 Å². The van der Waals surface area contributed by atoms with Crippen molar-refractivity contribution < 1.29 is 9.59 Å². The molecular formula is C21H29N5O2. The lowest BCUT2D eigenvalue weighted by molar-refractivity contribution is -0.130. The minimum absolute atomic E-state index is 0.00748. The molecule has 0 saturated carbocycles. The van der Waals surface area contributed by atoms with Crippen LogP contribution in [0.2, 0.25) is 0 Å². The summed E-state index contributed by atoms with van der Waals surface area (Å²) < 4.78 is 0. The molecule has 4 rings (SSSR count). The molecule has 1 unspecified atom stereocenters. The summed E-state index contributed by atoms with van der Waals surface area (Å²) in [5, 5.41) is 6.23. The van der Waals surface area contributed by atoms with Crippen molar-refractivity contribution in [1.82, 2.24) is 20.4 Å². The third-order valence-corrected chi connectivity index (χ3v) is 6.25. The van der Waals surface area contributed by atoms with Gasteiger partial charge in [-0.1, -0.05) is 24.3 Å². The average Bonchev–Trinajstić information content (AvgIpc) is 3.07. The Hall–Kier alpha value is -2.57. The van der Waals surface area contributed by atoms with Crippen LogP contribution in [0.4, 0.5) is 0 Å². The van der Waals surface area contributed by atoms with Gasteiger partial charge in [-0.05, 0) is 30.4 Å². The highest BCUT2D eigenvalue weighted by Gasteiger charge is 2.42. The number of rotatable bonds is 2. The Morgan fingerprint density at radius 3 is 2.82 bits per heavy atom. The van der Waals surface area contributed by atoms with Gasteiger partial charge in [-0.2, -0.15) is 0 Å².